The van der Waals surface area contributed by atoms with Crippen molar-refractivity contribution in [2.75, 3.05) is 13.1 Å². The maximum absolute atomic E-state index is 11.7. The summed E-state index contributed by atoms with van der Waals surface area (Å²) in [5.41, 5.74) is 7.53. The van der Waals surface area contributed by atoms with Crippen molar-refractivity contribution < 1.29 is 9.59 Å². The summed E-state index contributed by atoms with van der Waals surface area (Å²) in [6.45, 7) is 1.49. The molecule has 2 aromatic rings. The smallest absolute Gasteiger partial charge is 0.318 e. The number of nitrogens with two attached hydrogens (primary N) is 1. The second kappa shape index (κ2) is 6.93. The zero-order chi connectivity index (χ0) is 16.2. The predicted molar refractivity (Wildman–Crippen MR) is 90.2 cm³/mol. The maximum Gasteiger partial charge on any atom is 0.318 e. The Morgan fingerprint density at radius 2 is 2.04 bits per heavy atom. The van der Waals surface area contributed by atoms with Crippen molar-refractivity contribution in [3.05, 3.63) is 57.8 Å². The van der Waals surface area contributed by atoms with Gasteiger partial charge >= 0.3 is 6.03 Å². The quantitative estimate of drug-likeness (QED) is 0.903. The molecule has 0 bridgehead atoms. The first-order valence-electron chi connectivity index (χ1n) is 7.59. The van der Waals surface area contributed by atoms with Gasteiger partial charge in [0.1, 0.15) is 0 Å². The zero-order valence-electron chi connectivity index (χ0n) is 12.7. The van der Waals surface area contributed by atoms with Gasteiger partial charge in [0.15, 0.2) is 0 Å². The van der Waals surface area contributed by atoms with Crippen LogP contribution in [0, 0.1) is 0 Å². The highest BCUT2D eigenvalue weighted by molar-refractivity contribution is 7.10. The molecule has 0 saturated heterocycles. The lowest BCUT2D eigenvalue weighted by Crippen LogP contribution is -2.40. The lowest BCUT2D eigenvalue weighted by molar-refractivity contribution is -0.120. The Balaban J connectivity index is 1.79. The topological polar surface area (TPSA) is 75.4 Å². The second-order valence-corrected chi connectivity index (χ2v) is 6.56. The third-order valence-electron chi connectivity index (χ3n) is 4.07. The molecule has 0 fully saturated rings. The molecule has 0 aliphatic carbocycles. The fourth-order valence-electron chi connectivity index (χ4n) is 3.08. The van der Waals surface area contributed by atoms with Gasteiger partial charge in [-0.15, -0.1) is 11.3 Å². The van der Waals surface area contributed by atoms with Crippen LogP contribution in [0.1, 0.15) is 28.5 Å². The van der Waals surface area contributed by atoms with Crippen molar-refractivity contribution in [2.45, 2.75) is 18.9 Å². The number of nitrogens with one attached hydrogen (secondary N) is 1. The largest absolute Gasteiger partial charge is 0.351 e. The Morgan fingerprint density at radius 1 is 1.26 bits per heavy atom. The van der Waals surface area contributed by atoms with Crippen LogP contribution in [-0.2, 0) is 11.2 Å². The molecule has 0 saturated carbocycles. The monoisotopic (exact) mass is 329 g/mol. The van der Waals surface area contributed by atoms with E-state index in [1.165, 1.54) is 16.0 Å². The van der Waals surface area contributed by atoms with Crippen molar-refractivity contribution >= 4 is 23.3 Å². The van der Waals surface area contributed by atoms with Crippen LogP contribution in [0.2, 0.25) is 0 Å². The summed E-state index contributed by atoms with van der Waals surface area (Å²) in [6.07, 6.45) is 1.25. The molecular weight excluding hydrogens is 310 g/mol. The summed E-state index contributed by atoms with van der Waals surface area (Å²) in [5, 5.41) is 4.26. The normalized spacial score (nSPS) is 17.5. The molecule has 1 aliphatic heterocycles. The summed E-state index contributed by atoms with van der Waals surface area (Å²) < 4.78 is 0. The van der Waals surface area contributed by atoms with Crippen LogP contribution in [-0.4, -0.2) is 29.9 Å². The van der Waals surface area contributed by atoms with Crippen LogP contribution >= 0.6 is 11.3 Å². The predicted octanol–water partition coefficient (Wildman–Crippen LogP) is 2.28. The van der Waals surface area contributed by atoms with Gasteiger partial charge in [0.25, 0.3) is 0 Å². The van der Waals surface area contributed by atoms with Gasteiger partial charge in [-0.2, -0.15) is 0 Å². The molecule has 23 heavy (non-hydrogen) atoms. The van der Waals surface area contributed by atoms with Crippen LogP contribution in [0.25, 0.3) is 0 Å². The van der Waals surface area contributed by atoms with E-state index >= 15 is 0 Å². The molecule has 3 rings (SSSR count). The zero-order valence-corrected chi connectivity index (χ0v) is 13.5. The number of primary amides is 1. The third kappa shape index (κ3) is 3.60. The minimum absolute atomic E-state index is 0.160. The van der Waals surface area contributed by atoms with Gasteiger partial charge in [0, 0.05) is 24.4 Å². The van der Waals surface area contributed by atoms with E-state index in [0.29, 0.717) is 6.54 Å². The van der Waals surface area contributed by atoms with Crippen LogP contribution in [0.3, 0.4) is 0 Å². The fourth-order valence-corrected chi connectivity index (χ4v) is 3.98. The molecule has 2 heterocycles. The highest BCUT2D eigenvalue weighted by Gasteiger charge is 2.29. The van der Waals surface area contributed by atoms with Crippen LogP contribution in [0.5, 0.6) is 0 Å². The highest BCUT2D eigenvalue weighted by atomic mass is 32.1. The summed E-state index contributed by atoms with van der Waals surface area (Å²) in [7, 11) is 0. The van der Waals surface area contributed by atoms with Crippen molar-refractivity contribution in [2.24, 2.45) is 5.73 Å². The van der Waals surface area contributed by atoms with Gasteiger partial charge in [-0.05, 0) is 29.0 Å². The molecular formula is C17H19N3O2S. The molecule has 3 amide bonds. The first-order valence-corrected chi connectivity index (χ1v) is 8.47. The van der Waals surface area contributed by atoms with E-state index in [1.807, 2.05) is 18.2 Å². The highest BCUT2D eigenvalue weighted by Crippen LogP contribution is 2.37. The molecule has 0 unspecified atom stereocenters. The average molecular weight is 329 g/mol. The fraction of sp³-hybridized carbons (Fsp3) is 0.294. The molecule has 5 nitrogen and oxygen atoms in total. The minimum Gasteiger partial charge on any atom is -0.351 e. The average Bonchev–Trinajstić information content (AvgIpc) is 3.01. The Kier molecular flexibility index (Phi) is 4.73. The summed E-state index contributed by atoms with van der Waals surface area (Å²) >= 11 is 1.79. The lowest BCUT2D eigenvalue weighted by Gasteiger charge is -2.36. The standard InChI is InChI=1S/C17H19N3O2S/c18-17(22)19-15(21)7-10-20-9-6-14-13(8-11-23-14)16(20)12-4-2-1-3-5-12/h1-5,8,11,16H,6-7,9-10H2,(H3,18,19,21,22)/t16-/m0/s1. The molecule has 0 radical (unpaired) electrons. The van der Waals surface area contributed by atoms with Crippen molar-refractivity contribution in [3.63, 3.8) is 0 Å². The Hall–Kier alpha value is -2.18. The summed E-state index contributed by atoms with van der Waals surface area (Å²) in [4.78, 5) is 26.2. The number of fused-ring (bicyclic) bond motifs is 1. The number of thiophene rings is 1. The molecule has 1 aromatic heterocycles. The van der Waals surface area contributed by atoms with Crippen molar-refractivity contribution in [1.29, 1.82) is 0 Å². The number of carbonyl (C=O) groups is 2. The number of hydrogen-bond donors (Lipinski definition) is 2. The van der Waals surface area contributed by atoms with E-state index in [2.05, 4.69) is 33.8 Å². The molecule has 1 atom stereocenters. The van der Waals surface area contributed by atoms with Gasteiger partial charge in [-0.3, -0.25) is 15.0 Å². The first kappa shape index (κ1) is 15.7. The molecule has 3 N–H and O–H groups in total. The number of hydrogen-bond acceptors (Lipinski definition) is 4. The van der Waals surface area contributed by atoms with E-state index < -0.39 is 6.03 Å². The van der Waals surface area contributed by atoms with E-state index in [-0.39, 0.29) is 18.4 Å². The molecule has 120 valence electrons. The lowest BCUT2D eigenvalue weighted by atomic mass is 9.93. The van der Waals surface area contributed by atoms with Crippen LogP contribution in [0.15, 0.2) is 41.8 Å². The maximum atomic E-state index is 11.7. The van der Waals surface area contributed by atoms with Crippen molar-refractivity contribution in [1.82, 2.24) is 10.2 Å². The van der Waals surface area contributed by atoms with Gasteiger partial charge in [0.05, 0.1) is 6.04 Å². The van der Waals surface area contributed by atoms with E-state index in [1.54, 1.807) is 11.3 Å². The SMILES string of the molecule is NC(=O)NC(=O)CCN1CCc2sccc2[C@@H]1c1ccccc1. The molecule has 6 heteroatoms. The number of rotatable bonds is 4. The van der Waals surface area contributed by atoms with E-state index in [9.17, 15) is 9.59 Å². The van der Waals surface area contributed by atoms with E-state index in [0.717, 1.165) is 13.0 Å². The minimum atomic E-state index is -0.798. The number of urea groups is 1. The number of carbonyl (C=O) groups excluding carboxylic acids is 2. The number of nitrogens with zero attached hydrogens (tertiary/aromatic N) is 1. The third-order valence-corrected chi connectivity index (χ3v) is 5.07. The molecule has 1 aliphatic rings. The van der Waals surface area contributed by atoms with Crippen molar-refractivity contribution in [3.8, 4) is 0 Å². The number of benzene rings is 1. The van der Waals surface area contributed by atoms with Gasteiger partial charge in [-0.1, -0.05) is 30.3 Å². The first-order chi connectivity index (χ1) is 11.1. The Morgan fingerprint density at radius 3 is 2.78 bits per heavy atom. The van der Waals surface area contributed by atoms with Crippen LogP contribution < -0.4 is 11.1 Å². The Bertz CT molecular complexity index is 699. The van der Waals surface area contributed by atoms with Gasteiger partial charge in [-0.25, -0.2) is 4.79 Å². The summed E-state index contributed by atoms with van der Waals surface area (Å²) in [6, 6.07) is 11.9. The number of amides is 3. The second-order valence-electron chi connectivity index (χ2n) is 5.56. The summed E-state index contributed by atoms with van der Waals surface area (Å²) in [5.74, 6) is -0.333. The molecule has 0 spiro atoms. The van der Waals surface area contributed by atoms with E-state index in [4.69, 9.17) is 5.73 Å². The Labute approximate surface area is 139 Å². The number of imide groups is 1. The van der Waals surface area contributed by atoms with Gasteiger partial charge in [0.2, 0.25) is 5.91 Å². The van der Waals surface area contributed by atoms with Crippen LogP contribution in [0.4, 0.5) is 4.79 Å². The molecule has 1 aromatic carbocycles. The van der Waals surface area contributed by atoms with Gasteiger partial charge < -0.3 is 5.73 Å².